The highest BCUT2D eigenvalue weighted by atomic mass is 15.3. The van der Waals surface area contributed by atoms with Crippen molar-refractivity contribution in [1.82, 2.24) is 20.1 Å². The van der Waals surface area contributed by atoms with Gasteiger partial charge in [-0.05, 0) is 38.1 Å². The summed E-state index contributed by atoms with van der Waals surface area (Å²) in [4.78, 5) is 4.42. The van der Waals surface area contributed by atoms with Crippen molar-refractivity contribution in [3.8, 4) is 0 Å². The average molecular weight is 258 g/mol. The fourth-order valence-electron chi connectivity index (χ4n) is 2.28. The summed E-state index contributed by atoms with van der Waals surface area (Å²) in [6.07, 6.45) is 3.86. The Labute approximate surface area is 114 Å². The van der Waals surface area contributed by atoms with E-state index in [4.69, 9.17) is 0 Å². The lowest BCUT2D eigenvalue weighted by atomic mass is 10.1. The van der Waals surface area contributed by atoms with Gasteiger partial charge in [-0.2, -0.15) is 5.10 Å². The van der Waals surface area contributed by atoms with Gasteiger partial charge in [0.1, 0.15) is 0 Å². The molecule has 0 fully saturated rings. The van der Waals surface area contributed by atoms with Crippen LogP contribution in [0.3, 0.4) is 0 Å². The summed E-state index contributed by atoms with van der Waals surface area (Å²) in [6.45, 7) is 5.21. The van der Waals surface area contributed by atoms with Crippen molar-refractivity contribution in [2.75, 3.05) is 6.54 Å². The summed E-state index contributed by atoms with van der Waals surface area (Å²) in [6, 6.07) is 8.47. The Hall–Kier alpha value is -1.68. The molecule has 0 radical (unpaired) electrons. The van der Waals surface area contributed by atoms with Crippen molar-refractivity contribution in [1.29, 1.82) is 0 Å². The van der Waals surface area contributed by atoms with Gasteiger partial charge in [0.25, 0.3) is 0 Å². The lowest BCUT2D eigenvalue weighted by Crippen LogP contribution is -2.26. The maximum Gasteiger partial charge on any atom is 0.0597 e. The van der Waals surface area contributed by atoms with E-state index in [2.05, 4.69) is 34.5 Å². The Kier molecular flexibility index (Phi) is 4.68. The first-order valence-corrected chi connectivity index (χ1v) is 6.84. The SMILES string of the molecule is CCCNC(Cc1ccccn1)c1cc(C)nn1C. The average Bonchev–Trinajstić information content (AvgIpc) is 2.75. The van der Waals surface area contributed by atoms with Gasteiger partial charge in [0.2, 0.25) is 0 Å². The molecule has 0 aromatic carbocycles. The molecule has 2 aromatic rings. The van der Waals surface area contributed by atoms with Crippen LogP contribution in [0.4, 0.5) is 0 Å². The number of nitrogens with one attached hydrogen (secondary N) is 1. The normalized spacial score (nSPS) is 12.6. The summed E-state index contributed by atoms with van der Waals surface area (Å²) in [5.74, 6) is 0. The molecule has 4 heteroatoms. The number of rotatable bonds is 6. The molecule has 0 saturated carbocycles. The van der Waals surface area contributed by atoms with Crippen LogP contribution < -0.4 is 5.32 Å². The van der Waals surface area contributed by atoms with Gasteiger partial charge in [0, 0.05) is 25.4 Å². The Bertz CT molecular complexity index is 504. The third-order valence-corrected chi connectivity index (χ3v) is 3.18. The molecule has 102 valence electrons. The second-order valence-electron chi connectivity index (χ2n) is 4.87. The van der Waals surface area contributed by atoms with Crippen LogP contribution in [-0.4, -0.2) is 21.3 Å². The standard InChI is InChI=1S/C15H22N4/c1-4-8-17-14(11-13-7-5-6-9-16-13)15-10-12(2)18-19(15)3/h5-7,9-10,14,17H,4,8,11H2,1-3H3. The van der Waals surface area contributed by atoms with Gasteiger partial charge in [-0.1, -0.05) is 13.0 Å². The Balaban J connectivity index is 2.18. The zero-order valence-corrected chi connectivity index (χ0v) is 11.9. The fourth-order valence-corrected chi connectivity index (χ4v) is 2.28. The Morgan fingerprint density at radius 1 is 1.37 bits per heavy atom. The number of hydrogen-bond donors (Lipinski definition) is 1. The van der Waals surface area contributed by atoms with Crippen LogP contribution in [-0.2, 0) is 13.5 Å². The summed E-state index contributed by atoms with van der Waals surface area (Å²) in [5.41, 5.74) is 3.38. The maximum absolute atomic E-state index is 4.44. The molecule has 0 spiro atoms. The zero-order valence-electron chi connectivity index (χ0n) is 11.9. The van der Waals surface area contributed by atoms with Crippen LogP contribution >= 0.6 is 0 Å². The van der Waals surface area contributed by atoms with Gasteiger partial charge in [0.15, 0.2) is 0 Å². The van der Waals surface area contributed by atoms with Crippen molar-refractivity contribution in [3.05, 3.63) is 47.5 Å². The van der Waals surface area contributed by atoms with Gasteiger partial charge in [-0.15, -0.1) is 0 Å². The number of pyridine rings is 1. The summed E-state index contributed by atoms with van der Waals surface area (Å²) in [7, 11) is 2.00. The van der Waals surface area contributed by atoms with Crippen LogP contribution in [0.1, 0.15) is 36.5 Å². The van der Waals surface area contributed by atoms with Gasteiger partial charge in [-0.3, -0.25) is 9.67 Å². The molecule has 0 aliphatic carbocycles. The topological polar surface area (TPSA) is 42.7 Å². The Morgan fingerprint density at radius 2 is 2.21 bits per heavy atom. The first kappa shape index (κ1) is 13.7. The van der Waals surface area contributed by atoms with Gasteiger partial charge >= 0.3 is 0 Å². The monoisotopic (exact) mass is 258 g/mol. The molecular weight excluding hydrogens is 236 g/mol. The van der Waals surface area contributed by atoms with Gasteiger partial charge in [-0.25, -0.2) is 0 Å². The quantitative estimate of drug-likeness (QED) is 0.865. The first-order valence-electron chi connectivity index (χ1n) is 6.84. The number of nitrogens with zero attached hydrogens (tertiary/aromatic N) is 3. The van der Waals surface area contributed by atoms with Gasteiger partial charge < -0.3 is 5.32 Å². The largest absolute Gasteiger partial charge is 0.308 e. The van der Waals surface area contributed by atoms with E-state index in [0.717, 1.165) is 30.8 Å². The van der Waals surface area contributed by atoms with Crippen LogP contribution in [0.5, 0.6) is 0 Å². The van der Waals surface area contributed by atoms with E-state index in [9.17, 15) is 0 Å². The van der Waals surface area contributed by atoms with Gasteiger partial charge in [0.05, 0.1) is 17.4 Å². The Morgan fingerprint density at radius 3 is 2.79 bits per heavy atom. The molecule has 19 heavy (non-hydrogen) atoms. The minimum absolute atomic E-state index is 0.265. The van der Waals surface area contributed by atoms with Crippen LogP contribution in [0.25, 0.3) is 0 Å². The molecule has 0 aliphatic rings. The predicted molar refractivity (Wildman–Crippen MR) is 76.9 cm³/mol. The lowest BCUT2D eigenvalue weighted by molar-refractivity contribution is 0.489. The van der Waals surface area contributed by atoms with E-state index in [0.29, 0.717) is 0 Å². The van der Waals surface area contributed by atoms with E-state index in [1.165, 1.54) is 5.69 Å². The number of aromatic nitrogens is 3. The molecule has 2 heterocycles. The van der Waals surface area contributed by atoms with E-state index in [1.807, 2.05) is 37.0 Å². The first-order chi connectivity index (χ1) is 9.20. The van der Waals surface area contributed by atoms with Crippen molar-refractivity contribution < 1.29 is 0 Å². The summed E-state index contributed by atoms with van der Waals surface area (Å²) < 4.78 is 1.96. The predicted octanol–water partition coefficient (Wildman–Crippen LogP) is 2.41. The number of hydrogen-bond acceptors (Lipinski definition) is 3. The highest BCUT2D eigenvalue weighted by Crippen LogP contribution is 2.18. The minimum Gasteiger partial charge on any atom is -0.308 e. The third kappa shape index (κ3) is 3.64. The third-order valence-electron chi connectivity index (χ3n) is 3.18. The van der Waals surface area contributed by atoms with E-state index >= 15 is 0 Å². The summed E-state index contributed by atoms with van der Waals surface area (Å²) in [5, 5.41) is 8.03. The van der Waals surface area contributed by atoms with Crippen LogP contribution in [0, 0.1) is 6.92 Å². The molecular formula is C15H22N4. The molecule has 0 saturated heterocycles. The molecule has 0 aliphatic heterocycles. The van der Waals surface area contributed by atoms with E-state index < -0.39 is 0 Å². The molecule has 2 rings (SSSR count). The van der Waals surface area contributed by atoms with E-state index in [-0.39, 0.29) is 6.04 Å². The van der Waals surface area contributed by atoms with Crippen molar-refractivity contribution >= 4 is 0 Å². The second kappa shape index (κ2) is 6.48. The highest BCUT2D eigenvalue weighted by molar-refractivity contribution is 5.16. The molecule has 0 amide bonds. The lowest BCUT2D eigenvalue weighted by Gasteiger charge is -2.18. The van der Waals surface area contributed by atoms with Crippen molar-refractivity contribution in [2.24, 2.45) is 7.05 Å². The highest BCUT2D eigenvalue weighted by Gasteiger charge is 2.16. The maximum atomic E-state index is 4.44. The zero-order chi connectivity index (χ0) is 13.7. The molecule has 1 N–H and O–H groups in total. The fraction of sp³-hybridized carbons (Fsp3) is 0.467. The molecule has 0 bridgehead atoms. The van der Waals surface area contributed by atoms with Crippen molar-refractivity contribution in [2.45, 2.75) is 32.7 Å². The molecule has 1 atom stereocenters. The smallest absolute Gasteiger partial charge is 0.0597 e. The van der Waals surface area contributed by atoms with E-state index in [1.54, 1.807) is 0 Å². The van der Waals surface area contributed by atoms with Crippen molar-refractivity contribution in [3.63, 3.8) is 0 Å². The minimum atomic E-state index is 0.265. The molecule has 4 nitrogen and oxygen atoms in total. The molecule has 2 aromatic heterocycles. The van der Waals surface area contributed by atoms with Crippen LogP contribution in [0.15, 0.2) is 30.5 Å². The molecule has 1 unspecified atom stereocenters. The second-order valence-corrected chi connectivity index (χ2v) is 4.87. The summed E-state index contributed by atoms with van der Waals surface area (Å²) >= 11 is 0. The number of aryl methyl sites for hydroxylation is 2. The van der Waals surface area contributed by atoms with Crippen LogP contribution in [0.2, 0.25) is 0 Å².